The van der Waals surface area contributed by atoms with Crippen molar-refractivity contribution in [3.05, 3.63) is 0 Å². The van der Waals surface area contributed by atoms with Crippen LogP contribution >= 0.6 is 11.8 Å². The van der Waals surface area contributed by atoms with E-state index in [2.05, 4.69) is 5.32 Å². The molecule has 0 radical (unpaired) electrons. The Morgan fingerprint density at radius 2 is 1.79 bits per heavy atom. The van der Waals surface area contributed by atoms with Gasteiger partial charge in [0.25, 0.3) is 0 Å². The lowest BCUT2D eigenvalue weighted by Crippen LogP contribution is -2.52. The van der Waals surface area contributed by atoms with Crippen LogP contribution < -0.4 is 5.32 Å². The van der Waals surface area contributed by atoms with E-state index in [4.69, 9.17) is 4.74 Å². The summed E-state index contributed by atoms with van der Waals surface area (Å²) in [6.45, 7) is 1.04. The number of carbonyl (C=O) groups is 1. The van der Waals surface area contributed by atoms with E-state index in [1.807, 2.05) is 0 Å². The maximum atomic E-state index is 11.8. The highest BCUT2D eigenvalue weighted by Gasteiger charge is 2.42. The van der Waals surface area contributed by atoms with Crippen LogP contribution in [0.2, 0.25) is 0 Å². The second-order valence-corrected chi connectivity index (χ2v) is 7.14. The average molecular weight is 285 g/mol. The normalized spacial score (nSPS) is 30.4. The molecular formula is C15H27NO2S. The molecule has 1 N–H and O–H groups in total. The number of piperidine rings is 1. The zero-order chi connectivity index (χ0) is 13.6. The van der Waals surface area contributed by atoms with Crippen LogP contribution in [-0.4, -0.2) is 23.8 Å². The highest BCUT2D eigenvalue weighted by atomic mass is 32.2. The van der Waals surface area contributed by atoms with Gasteiger partial charge in [-0.15, -0.1) is 0 Å². The van der Waals surface area contributed by atoms with E-state index in [1.165, 1.54) is 76.7 Å². The van der Waals surface area contributed by atoms with Crippen LogP contribution in [0.4, 0.5) is 4.79 Å². The fraction of sp³-hybridized carbons (Fsp3) is 0.933. The number of methoxy groups -OCH3 is 1. The molecule has 1 aliphatic carbocycles. The number of ether oxygens (including phenoxy) is 1. The summed E-state index contributed by atoms with van der Waals surface area (Å²) in [4.78, 5) is 11.7. The smallest absolute Gasteiger partial charge is 0.368 e. The molecule has 0 spiro atoms. The molecule has 110 valence electrons. The molecule has 0 amide bonds. The Bertz CT molecular complexity index is 282. The second-order valence-electron chi connectivity index (χ2n) is 5.87. The van der Waals surface area contributed by atoms with Crippen molar-refractivity contribution >= 4 is 17.1 Å². The van der Waals surface area contributed by atoms with Crippen molar-refractivity contribution in [3.8, 4) is 0 Å². The lowest BCUT2D eigenvalue weighted by molar-refractivity contribution is 0.193. The van der Waals surface area contributed by atoms with Crippen LogP contribution in [0.15, 0.2) is 0 Å². The number of carbonyl (C=O) groups excluding carboxylic acids is 1. The van der Waals surface area contributed by atoms with Crippen LogP contribution in [0.25, 0.3) is 0 Å². The summed E-state index contributed by atoms with van der Waals surface area (Å²) in [5.41, 5.74) is 0. The molecule has 1 atom stereocenters. The molecule has 1 heterocycles. The Labute approximate surface area is 121 Å². The SMILES string of the molecule is COC(=O)SC1(C2CCCCCCC2)CCCCN1. The van der Waals surface area contributed by atoms with Crippen LogP contribution in [0.1, 0.15) is 64.2 Å². The van der Waals surface area contributed by atoms with Gasteiger partial charge in [-0.05, 0) is 56.3 Å². The minimum atomic E-state index is -0.128. The predicted octanol–water partition coefficient (Wildman–Crippen LogP) is 4.32. The van der Waals surface area contributed by atoms with Gasteiger partial charge in [0.1, 0.15) is 0 Å². The topological polar surface area (TPSA) is 38.3 Å². The van der Waals surface area contributed by atoms with E-state index in [-0.39, 0.29) is 10.2 Å². The van der Waals surface area contributed by atoms with E-state index >= 15 is 0 Å². The monoisotopic (exact) mass is 285 g/mol. The molecule has 3 nitrogen and oxygen atoms in total. The summed E-state index contributed by atoms with van der Waals surface area (Å²) in [7, 11) is 1.49. The molecule has 1 saturated heterocycles. The fourth-order valence-corrected chi connectivity index (χ4v) is 4.74. The molecule has 19 heavy (non-hydrogen) atoms. The van der Waals surface area contributed by atoms with Crippen LogP contribution in [0, 0.1) is 5.92 Å². The molecule has 1 unspecified atom stereocenters. The Kier molecular flexibility index (Phi) is 6.02. The Morgan fingerprint density at radius 3 is 2.37 bits per heavy atom. The number of thioether (sulfide) groups is 1. The summed E-state index contributed by atoms with van der Waals surface area (Å²) < 4.78 is 4.91. The van der Waals surface area contributed by atoms with E-state index < -0.39 is 0 Å². The van der Waals surface area contributed by atoms with Gasteiger partial charge in [0.2, 0.25) is 0 Å². The minimum absolute atomic E-state index is 0.0529. The number of rotatable bonds is 2. The number of nitrogens with one attached hydrogen (secondary N) is 1. The Morgan fingerprint density at radius 1 is 1.11 bits per heavy atom. The molecule has 2 rings (SSSR count). The van der Waals surface area contributed by atoms with Crippen molar-refractivity contribution in [3.63, 3.8) is 0 Å². The molecule has 2 aliphatic rings. The largest absolute Gasteiger partial charge is 0.461 e. The van der Waals surface area contributed by atoms with Crippen LogP contribution in [0.3, 0.4) is 0 Å². The maximum Gasteiger partial charge on any atom is 0.368 e. The van der Waals surface area contributed by atoms with Crippen molar-refractivity contribution < 1.29 is 9.53 Å². The first kappa shape index (κ1) is 15.2. The lowest BCUT2D eigenvalue weighted by atomic mass is 9.82. The van der Waals surface area contributed by atoms with Crippen LogP contribution in [-0.2, 0) is 4.74 Å². The zero-order valence-electron chi connectivity index (χ0n) is 12.1. The van der Waals surface area contributed by atoms with Crippen molar-refractivity contribution in [1.82, 2.24) is 5.32 Å². The quantitative estimate of drug-likeness (QED) is 0.767. The van der Waals surface area contributed by atoms with Gasteiger partial charge in [-0.1, -0.05) is 32.1 Å². The summed E-state index contributed by atoms with van der Waals surface area (Å²) in [6, 6.07) is 0. The third kappa shape index (κ3) is 4.12. The summed E-state index contributed by atoms with van der Waals surface area (Å²) in [5.74, 6) is 0.622. The van der Waals surface area contributed by atoms with Gasteiger partial charge in [0.05, 0.1) is 12.0 Å². The molecule has 0 aromatic heterocycles. The summed E-state index contributed by atoms with van der Waals surface area (Å²) in [5, 5.41) is 3.55. The van der Waals surface area contributed by atoms with Gasteiger partial charge >= 0.3 is 5.30 Å². The maximum absolute atomic E-state index is 11.8. The molecule has 0 aromatic carbocycles. The van der Waals surface area contributed by atoms with Gasteiger partial charge in [0, 0.05) is 0 Å². The Hall–Kier alpha value is -0.220. The van der Waals surface area contributed by atoms with Crippen LogP contribution in [0.5, 0.6) is 0 Å². The molecule has 0 aromatic rings. The fourth-order valence-electron chi connectivity index (χ4n) is 3.53. The highest BCUT2D eigenvalue weighted by Crippen LogP contribution is 2.44. The van der Waals surface area contributed by atoms with Gasteiger partial charge in [0.15, 0.2) is 0 Å². The highest BCUT2D eigenvalue weighted by molar-refractivity contribution is 8.14. The van der Waals surface area contributed by atoms with E-state index in [0.717, 1.165) is 13.0 Å². The first-order valence-electron chi connectivity index (χ1n) is 7.79. The summed E-state index contributed by atoms with van der Waals surface area (Å²) in [6.07, 6.45) is 12.8. The molecule has 1 saturated carbocycles. The molecule has 4 heteroatoms. The third-order valence-electron chi connectivity index (χ3n) is 4.60. The van der Waals surface area contributed by atoms with E-state index in [9.17, 15) is 4.79 Å². The van der Waals surface area contributed by atoms with E-state index in [1.54, 1.807) is 0 Å². The lowest BCUT2D eigenvalue weighted by Gasteiger charge is -2.43. The standard InChI is InChI=1S/C15H27NO2S/c1-18-14(17)19-15(11-7-8-12-16-15)13-9-5-3-2-4-6-10-13/h13,16H,2-12H2,1H3. The van der Waals surface area contributed by atoms with Crippen molar-refractivity contribution in [2.24, 2.45) is 5.92 Å². The Balaban J connectivity index is 2.07. The van der Waals surface area contributed by atoms with Crippen molar-refractivity contribution in [1.29, 1.82) is 0 Å². The van der Waals surface area contributed by atoms with Crippen molar-refractivity contribution in [2.75, 3.05) is 13.7 Å². The van der Waals surface area contributed by atoms with E-state index in [0.29, 0.717) is 5.92 Å². The number of hydrogen-bond acceptors (Lipinski definition) is 4. The minimum Gasteiger partial charge on any atom is -0.461 e. The van der Waals surface area contributed by atoms with Crippen molar-refractivity contribution in [2.45, 2.75) is 69.1 Å². The van der Waals surface area contributed by atoms with Gasteiger partial charge in [-0.2, -0.15) is 0 Å². The first-order chi connectivity index (χ1) is 9.27. The number of hydrogen-bond donors (Lipinski definition) is 1. The molecule has 1 aliphatic heterocycles. The average Bonchev–Trinajstić information content (AvgIpc) is 2.39. The third-order valence-corrected chi connectivity index (χ3v) is 5.98. The zero-order valence-corrected chi connectivity index (χ0v) is 12.9. The summed E-state index contributed by atoms with van der Waals surface area (Å²) >= 11 is 1.42. The molecular weight excluding hydrogens is 258 g/mol. The molecule has 2 fully saturated rings. The molecule has 0 bridgehead atoms. The van der Waals surface area contributed by atoms with Gasteiger partial charge < -0.3 is 10.1 Å². The second kappa shape index (κ2) is 7.53. The first-order valence-corrected chi connectivity index (χ1v) is 8.60. The van der Waals surface area contributed by atoms with Gasteiger partial charge in [-0.3, -0.25) is 0 Å². The predicted molar refractivity (Wildman–Crippen MR) is 80.4 cm³/mol. The van der Waals surface area contributed by atoms with Gasteiger partial charge in [-0.25, -0.2) is 4.79 Å².